The van der Waals surface area contributed by atoms with E-state index in [1.165, 1.54) is 18.2 Å². The van der Waals surface area contributed by atoms with E-state index in [-0.39, 0.29) is 29.3 Å². The average Bonchev–Trinajstić information content (AvgIpc) is 2.28. The Morgan fingerprint density at radius 3 is 2.33 bits per heavy atom. The van der Waals surface area contributed by atoms with Crippen LogP contribution in [-0.2, 0) is 9.59 Å². The van der Waals surface area contributed by atoms with Gasteiger partial charge in [0.05, 0.1) is 17.0 Å². The quantitative estimate of drug-likeness (QED) is 0.749. The average molecular weight is 314 g/mol. The van der Waals surface area contributed by atoms with Crippen LogP contribution in [0.3, 0.4) is 0 Å². The van der Waals surface area contributed by atoms with E-state index in [2.05, 4.69) is 5.32 Å². The largest absolute Gasteiger partial charge is 0.481 e. The monoisotopic (exact) mass is 313 g/mol. The first-order valence-corrected chi connectivity index (χ1v) is 6.53. The Hall–Kier alpha value is -2.08. The van der Waals surface area contributed by atoms with Gasteiger partial charge in [-0.15, -0.1) is 0 Å². The van der Waals surface area contributed by atoms with E-state index in [9.17, 15) is 14.4 Å². The fraction of sp³-hybridized carbons (Fsp3) is 0.357. The molecule has 6 nitrogen and oxygen atoms in total. The lowest BCUT2D eigenvalue weighted by atomic mass is 9.85. The Kier molecular flexibility index (Phi) is 5.32. The summed E-state index contributed by atoms with van der Waals surface area (Å²) in [6.07, 6.45) is -0.133. The van der Waals surface area contributed by atoms with Crippen molar-refractivity contribution in [1.82, 2.24) is 0 Å². The summed E-state index contributed by atoms with van der Waals surface area (Å²) in [5.74, 6) is -2.56. The molecule has 1 aromatic carbocycles. The van der Waals surface area contributed by atoms with Gasteiger partial charge in [-0.25, -0.2) is 4.79 Å². The lowest BCUT2D eigenvalue weighted by Gasteiger charge is -2.21. The van der Waals surface area contributed by atoms with Crippen LogP contribution in [0.15, 0.2) is 18.2 Å². The first kappa shape index (κ1) is 17.0. The zero-order chi connectivity index (χ0) is 16.2. The Bertz CT molecular complexity index is 583. The van der Waals surface area contributed by atoms with Crippen LogP contribution >= 0.6 is 11.6 Å². The van der Waals surface area contributed by atoms with Gasteiger partial charge in [0.15, 0.2) is 0 Å². The molecule has 0 unspecified atom stereocenters. The van der Waals surface area contributed by atoms with Crippen LogP contribution in [0.25, 0.3) is 0 Å². The zero-order valence-corrected chi connectivity index (χ0v) is 12.4. The molecular weight excluding hydrogens is 298 g/mol. The van der Waals surface area contributed by atoms with E-state index in [0.717, 1.165) is 0 Å². The van der Waals surface area contributed by atoms with E-state index in [1.807, 2.05) is 0 Å². The number of carbonyl (C=O) groups excluding carboxylic acids is 1. The fourth-order valence-electron chi connectivity index (χ4n) is 1.88. The van der Waals surface area contributed by atoms with Crippen molar-refractivity contribution in [3.63, 3.8) is 0 Å². The number of aliphatic carboxylic acids is 1. The third-order valence-corrected chi connectivity index (χ3v) is 3.08. The molecule has 0 aliphatic rings. The summed E-state index contributed by atoms with van der Waals surface area (Å²) in [6, 6.07) is 4.12. The van der Waals surface area contributed by atoms with Crippen molar-refractivity contribution in [3.8, 4) is 0 Å². The van der Waals surface area contributed by atoms with Gasteiger partial charge in [-0.1, -0.05) is 25.4 Å². The number of amides is 1. The van der Waals surface area contributed by atoms with Crippen LogP contribution in [0.4, 0.5) is 5.69 Å². The van der Waals surface area contributed by atoms with Gasteiger partial charge in [-0.3, -0.25) is 9.59 Å². The maximum absolute atomic E-state index is 11.9. The van der Waals surface area contributed by atoms with Crippen molar-refractivity contribution >= 4 is 35.1 Å². The fourth-order valence-corrected chi connectivity index (χ4v) is 2.08. The number of aromatic carboxylic acids is 1. The van der Waals surface area contributed by atoms with Crippen LogP contribution in [0, 0.1) is 5.41 Å². The highest BCUT2D eigenvalue weighted by atomic mass is 35.5. The molecule has 0 saturated heterocycles. The number of anilines is 1. The summed E-state index contributed by atoms with van der Waals surface area (Å²) in [6.45, 7) is 3.34. The van der Waals surface area contributed by atoms with Crippen LogP contribution in [-0.4, -0.2) is 28.1 Å². The summed E-state index contributed by atoms with van der Waals surface area (Å²) >= 11 is 5.73. The molecule has 1 rings (SSSR count). The number of rotatable bonds is 6. The van der Waals surface area contributed by atoms with Crippen molar-refractivity contribution in [2.24, 2.45) is 5.41 Å². The number of carbonyl (C=O) groups is 3. The van der Waals surface area contributed by atoms with Gasteiger partial charge in [-0.2, -0.15) is 0 Å². The minimum absolute atomic E-state index is 0.00430. The highest BCUT2D eigenvalue weighted by Gasteiger charge is 2.25. The Morgan fingerprint density at radius 2 is 1.81 bits per heavy atom. The van der Waals surface area contributed by atoms with Crippen LogP contribution in [0.1, 0.15) is 37.0 Å². The van der Waals surface area contributed by atoms with Gasteiger partial charge in [0.2, 0.25) is 5.91 Å². The van der Waals surface area contributed by atoms with Gasteiger partial charge < -0.3 is 15.5 Å². The molecule has 114 valence electrons. The number of hydrogen-bond donors (Lipinski definition) is 3. The lowest BCUT2D eigenvalue weighted by molar-refractivity contribution is -0.139. The molecule has 0 aliphatic heterocycles. The minimum atomic E-state index is -1.19. The number of halogens is 1. The first-order valence-electron chi connectivity index (χ1n) is 6.15. The second kappa shape index (κ2) is 6.58. The van der Waals surface area contributed by atoms with E-state index >= 15 is 0 Å². The molecule has 0 heterocycles. The number of nitrogens with one attached hydrogen (secondary N) is 1. The summed E-state index contributed by atoms with van der Waals surface area (Å²) < 4.78 is 0. The van der Waals surface area contributed by atoms with E-state index in [0.29, 0.717) is 5.69 Å². The van der Waals surface area contributed by atoms with Crippen molar-refractivity contribution < 1.29 is 24.6 Å². The maximum atomic E-state index is 11.9. The number of carboxylic acids is 2. The van der Waals surface area contributed by atoms with Crippen LogP contribution in [0.5, 0.6) is 0 Å². The maximum Gasteiger partial charge on any atom is 0.337 e. The third-order valence-electron chi connectivity index (χ3n) is 2.75. The van der Waals surface area contributed by atoms with Gasteiger partial charge in [0, 0.05) is 12.1 Å². The molecule has 0 atom stereocenters. The normalized spacial score (nSPS) is 11.0. The first-order chi connectivity index (χ1) is 9.60. The van der Waals surface area contributed by atoms with Crippen LogP contribution in [0.2, 0.25) is 5.02 Å². The molecule has 0 spiro atoms. The zero-order valence-electron chi connectivity index (χ0n) is 11.6. The SMILES string of the molecule is CC(C)(CC(=O)O)CC(=O)Nc1ccc(Cl)c(C(=O)O)c1. The highest BCUT2D eigenvalue weighted by Crippen LogP contribution is 2.26. The highest BCUT2D eigenvalue weighted by molar-refractivity contribution is 6.33. The predicted octanol–water partition coefficient (Wildman–Crippen LogP) is 2.87. The van der Waals surface area contributed by atoms with Gasteiger partial charge in [-0.05, 0) is 23.6 Å². The summed E-state index contributed by atoms with van der Waals surface area (Å²) in [5.41, 5.74) is -0.509. The van der Waals surface area contributed by atoms with Gasteiger partial charge in [0.25, 0.3) is 0 Å². The smallest absolute Gasteiger partial charge is 0.337 e. The van der Waals surface area contributed by atoms with Crippen molar-refractivity contribution in [1.29, 1.82) is 0 Å². The molecule has 0 radical (unpaired) electrons. The van der Waals surface area contributed by atoms with Crippen molar-refractivity contribution in [2.75, 3.05) is 5.32 Å². The van der Waals surface area contributed by atoms with E-state index in [4.69, 9.17) is 21.8 Å². The molecular formula is C14H16ClNO5. The predicted molar refractivity (Wildman–Crippen MR) is 77.7 cm³/mol. The molecule has 0 aliphatic carbocycles. The van der Waals surface area contributed by atoms with E-state index < -0.39 is 17.4 Å². The number of carboxylic acid groups (broad SMARTS) is 2. The second-order valence-electron chi connectivity index (χ2n) is 5.46. The van der Waals surface area contributed by atoms with Crippen molar-refractivity contribution in [3.05, 3.63) is 28.8 Å². The Labute approximate surface area is 126 Å². The Morgan fingerprint density at radius 1 is 1.19 bits per heavy atom. The molecule has 1 amide bonds. The molecule has 3 N–H and O–H groups in total. The molecule has 0 saturated carbocycles. The third kappa shape index (κ3) is 5.43. The lowest BCUT2D eigenvalue weighted by Crippen LogP contribution is -2.24. The van der Waals surface area contributed by atoms with Gasteiger partial charge >= 0.3 is 11.9 Å². The molecule has 0 bridgehead atoms. The number of hydrogen-bond acceptors (Lipinski definition) is 3. The Balaban J connectivity index is 2.78. The van der Waals surface area contributed by atoms with Crippen LogP contribution < -0.4 is 5.32 Å². The summed E-state index contributed by atoms with van der Waals surface area (Å²) in [4.78, 5) is 33.5. The molecule has 0 fully saturated rings. The van der Waals surface area contributed by atoms with Gasteiger partial charge in [0.1, 0.15) is 0 Å². The molecule has 1 aromatic rings. The second-order valence-corrected chi connectivity index (χ2v) is 5.87. The summed E-state index contributed by atoms with van der Waals surface area (Å²) in [7, 11) is 0. The van der Waals surface area contributed by atoms with E-state index in [1.54, 1.807) is 13.8 Å². The summed E-state index contributed by atoms with van der Waals surface area (Å²) in [5, 5.41) is 20.3. The minimum Gasteiger partial charge on any atom is -0.481 e. The molecule has 7 heteroatoms. The van der Waals surface area contributed by atoms with Crippen molar-refractivity contribution in [2.45, 2.75) is 26.7 Å². The molecule has 0 aromatic heterocycles. The molecule has 21 heavy (non-hydrogen) atoms. The number of benzene rings is 1. The standard InChI is InChI=1S/C14H16ClNO5/c1-14(2,7-12(18)19)6-11(17)16-8-3-4-10(15)9(5-8)13(20)21/h3-5H,6-7H2,1-2H3,(H,16,17)(H,18,19)(H,20,21). The topological polar surface area (TPSA) is 104 Å².